The van der Waals surface area contributed by atoms with Crippen molar-refractivity contribution in [2.45, 2.75) is 32.1 Å². The minimum absolute atomic E-state index is 0.212. The first-order valence-electron chi connectivity index (χ1n) is 6.27. The van der Waals surface area contributed by atoms with Crippen LogP contribution in [0.3, 0.4) is 0 Å². The first-order chi connectivity index (χ1) is 9.02. The van der Waals surface area contributed by atoms with Crippen molar-refractivity contribution in [2.75, 3.05) is 11.9 Å². The number of nitrogens with one attached hydrogen (secondary N) is 1. The van der Waals surface area contributed by atoms with E-state index in [1.807, 2.05) is 0 Å². The predicted octanol–water partition coefficient (Wildman–Crippen LogP) is 4.37. The van der Waals surface area contributed by atoms with Crippen molar-refractivity contribution in [3.63, 3.8) is 0 Å². The average molecular weight is 279 g/mol. The topological polar surface area (TPSA) is 12.0 Å². The van der Waals surface area contributed by atoms with Gasteiger partial charge in [0, 0.05) is 6.54 Å². The Labute approximate surface area is 107 Å². The molecule has 0 amide bonds. The van der Waals surface area contributed by atoms with Gasteiger partial charge in [-0.1, -0.05) is 19.3 Å². The van der Waals surface area contributed by atoms with Crippen molar-refractivity contribution in [3.8, 4) is 0 Å². The summed E-state index contributed by atoms with van der Waals surface area (Å²) < 4.78 is 65.5. The molecule has 2 rings (SSSR count). The molecule has 0 aromatic heterocycles. The van der Waals surface area contributed by atoms with Gasteiger partial charge in [-0.2, -0.15) is 0 Å². The second-order valence-electron chi connectivity index (χ2n) is 4.83. The highest BCUT2D eigenvalue weighted by Crippen LogP contribution is 2.29. The first-order valence-corrected chi connectivity index (χ1v) is 6.27. The van der Waals surface area contributed by atoms with Gasteiger partial charge in [0.1, 0.15) is 5.69 Å². The van der Waals surface area contributed by atoms with Gasteiger partial charge in [-0.05, 0) is 18.8 Å². The first kappa shape index (κ1) is 14.1. The van der Waals surface area contributed by atoms with E-state index in [4.69, 9.17) is 0 Å². The van der Waals surface area contributed by atoms with Crippen LogP contribution in [0.4, 0.5) is 27.6 Å². The summed E-state index contributed by atoms with van der Waals surface area (Å²) in [4.78, 5) is 0. The molecule has 0 aliphatic heterocycles. The molecule has 19 heavy (non-hydrogen) atoms. The Kier molecular flexibility index (Phi) is 4.27. The third kappa shape index (κ3) is 2.82. The largest absolute Gasteiger partial charge is 0.380 e. The fraction of sp³-hybridized carbons (Fsp3) is 0.538. The number of halogens is 5. The van der Waals surface area contributed by atoms with Crippen LogP contribution in [-0.2, 0) is 0 Å². The Bertz CT molecular complexity index is 440. The van der Waals surface area contributed by atoms with Gasteiger partial charge in [0.15, 0.2) is 23.3 Å². The van der Waals surface area contributed by atoms with Crippen LogP contribution in [0, 0.1) is 35.0 Å². The Morgan fingerprint density at radius 1 is 0.737 bits per heavy atom. The molecule has 1 aromatic carbocycles. The van der Waals surface area contributed by atoms with Crippen LogP contribution in [0.2, 0.25) is 0 Å². The molecular formula is C13H14F5N. The van der Waals surface area contributed by atoms with Gasteiger partial charge in [0.25, 0.3) is 0 Å². The number of rotatable bonds is 3. The van der Waals surface area contributed by atoms with Crippen molar-refractivity contribution in [3.05, 3.63) is 29.1 Å². The minimum Gasteiger partial charge on any atom is -0.380 e. The van der Waals surface area contributed by atoms with E-state index in [2.05, 4.69) is 5.32 Å². The SMILES string of the molecule is Fc1c(F)c(F)c(NCC2CCCCC2)c(F)c1F. The molecule has 106 valence electrons. The maximum atomic E-state index is 13.4. The monoisotopic (exact) mass is 279 g/mol. The molecule has 1 aromatic rings. The Morgan fingerprint density at radius 2 is 1.21 bits per heavy atom. The highest BCUT2D eigenvalue weighted by Gasteiger charge is 2.26. The van der Waals surface area contributed by atoms with E-state index in [9.17, 15) is 22.0 Å². The zero-order chi connectivity index (χ0) is 14.0. The molecule has 1 aliphatic carbocycles. The molecule has 1 saturated carbocycles. The summed E-state index contributed by atoms with van der Waals surface area (Å²) in [7, 11) is 0. The molecule has 1 fully saturated rings. The highest BCUT2D eigenvalue weighted by atomic mass is 19.2. The molecule has 0 saturated heterocycles. The van der Waals surface area contributed by atoms with Crippen molar-refractivity contribution in [1.29, 1.82) is 0 Å². The molecule has 1 nitrogen and oxygen atoms in total. The lowest BCUT2D eigenvalue weighted by Gasteiger charge is -2.22. The molecule has 1 N–H and O–H groups in total. The van der Waals surface area contributed by atoms with Crippen LogP contribution >= 0.6 is 0 Å². The van der Waals surface area contributed by atoms with Crippen molar-refractivity contribution in [1.82, 2.24) is 0 Å². The van der Waals surface area contributed by atoms with Gasteiger partial charge in [-0.3, -0.25) is 0 Å². The van der Waals surface area contributed by atoms with Crippen LogP contribution in [0.1, 0.15) is 32.1 Å². The predicted molar refractivity (Wildman–Crippen MR) is 61.3 cm³/mol. The smallest absolute Gasteiger partial charge is 0.200 e. The summed E-state index contributed by atoms with van der Waals surface area (Å²) in [6, 6.07) is 0. The standard InChI is InChI=1S/C13H14F5N/c14-8-9(15)11(17)13(12(18)10(8)16)19-6-7-4-2-1-3-5-7/h7,19H,1-6H2. The lowest BCUT2D eigenvalue weighted by Crippen LogP contribution is -2.19. The van der Waals surface area contributed by atoms with E-state index in [0.29, 0.717) is 0 Å². The van der Waals surface area contributed by atoms with Gasteiger partial charge in [0.05, 0.1) is 0 Å². The maximum Gasteiger partial charge on any atom is 0.200 e. The molecule has 0 radical (unpaired) electrons. The zero-order valence-corrected chi connectivity index (χ0v) is 10.2. The lowest BCUT2D eigenvalue weighted by atomic mass is 9.89. The number of hydrogen-bond donors (Lipinski definition) is 1. The van der Waals surface area contributed by atoms with Gasteiger partial charge < -0.3 is 5.32 Å². The Morgan fingerprint density at radius 3 is 1.74 bits per heavy atom. The quantitative estimate of drug-likeness (QED) is 0.492. The van der Waals surface area contributed by atoms with Crippen LogP contribution < -0.4 is 5.32 Å². The van der Waals surface area contributed by atoms with E-state index in [1.54, 1.807) is 0 Å². The summed E-state index contributed by atoms with van der Waals surface area (Å²) in [5.74, 6) is -9.34. The molecule has 0 unspecified atom stereocenters. The average Bonchev–Trinajstić information content (AvgIpc) is 2.44. The lowest BCUT2D eigenvalue weighted by molar-refractivity contribution is 0.366. The third-order valence-corrected chi connectivity index (χ3v) is 3.50. The van der Waals surface area contributed by atoms with Crippen LogP contribution in [0.25, 0.3) is 0 Å². The van der Waals surface area contributed by atoms with Crippen molar-refractivity contribution in [2.24, 2.45) is 5.92 Å². The van der Waals surface area contributed by atoms with Crippen molar-refractivity contribution >= 4 is 5.69 Å². The highest BCUT2D eigenvalue weighted by molar-refractivity contribution is 5.47. The molecule has 0 spiro atoms. The maximum absolute atomic E-state index is 13.4. The molecule has 0 heterocycles. The molecular weight excluding hydrogens is 265 g/mol. The van der Waals surface area contributed by atoms with E-state index < -0.39 is 34.8 Å². The normalized spacial score (nSPS) is 16.7. The summed E-state index contributed by atoms with van der Waals surface area (Å²) >= 11 is 0. The van der Waals surface area contributed by atoms with E-state index in [0.717, 1.165) is 32.1 Å². The van der Waals surface area contributed by atoms with Gasteiger partial charge in [-0.25, -0.2) is 22.0 Å². The van der Waals surface area contributed by atoms with Crippen molar-refractivity contribution < 1.29 is 22.0 Å². The van der Waals surface area contributed by atoms with Crippen LogP contribution in [0.15, 0.2) is 0 Å². The van der Waals surface area contributed by atoms with E-state index in [1.165, 1.54) is 0 Å². The molecule has 0 atom stereocenters. The van der Waals surface area contributed by atoms with Crippen LogP contribution in [0.5, 0.6) is 0 Å². The summed E-state index contributed by atoms with van der Waals surface area (Å²) in [6.45, 7) is 0.221. The molecule has 0 bridgehead atoms. The van der Waals surface area contributed by atoms with Gasteiger partial charge >= 0.3 is 0 Å². The Balaban J connectivity index is 2.15. The summed E-state index contributed by atoms with van der Waals surface area (Å²) in [5, 5.41) is 2.36. The fourth-order valence-corrected chi connectivity index (χ4v) is 2.40. The molecule has 6 heteroatoms. The van der Waals surface area contributed by atoms with Gasteiger partial charge in [-0.15, -0.1) is 0 Å². The summed E-state index contributed by atoms with van der Waals surface area (Å²) in [5.41, 5.74) is -0.929. The van der Waals surface area contributed by atoms with E-state index >= 15 is 0 Å². The van der Waals surface area contributed by atoms with Gasteiger partial charge in [0.2, 0.25) is 5.82 Å². The Hall–Kier alpha value is -1.33. The second-order valence-corrected chi connectivity index (χ2v) is 4.83. The third-order valence-electron chi connectivity index (χ3n) is 3.50. The fourth-order valence-electron chi connectivity index (χ4n) is 2.40. The zero-order valence-electron chi connectivity index (χ0n) is 10.2. The second kappa shape index (κ2) is 5.75. The number of anilines is 1. The number of benzene rings is 1. The number of hydrogen-bond acceptors (Lipinski definition) is 1. The van der Waals surface area contributed by atoms with E-state index in [-0.39, 0.29) is 12.5 Å². The molecule has 1 aliphatic rings. The van der Waals surface area contributed by atoms with Crippen LogP contribution in [-0.4, -0.2) is 6.54 Å². The minimum atomic E-state index is -2.13. The summed E-state index contributed by atoms with van der Waals surface area (Å²) in [6.07, 6.45) is 5.00.